The number of aliphatic hydroxyl groups excluding tert-OH is 1. The van der Waals surface area contributed by atoms with Crippen LogP contribution in [0.5, 0.6) is 0 Å². The van der Waals surface area contributed by atoms with Gasteiger partial charge in [0.05, 0.1) is 0 Å². The zero-order valence-corrected chi connectivity index (χ0v) is 17.1. The summed E-state index contributed by atoms with van der Waals surface area (Å²) in [4.78, 5) is 13.3. The SMILES string of the molecule is CC(C)C(O)C(=O)N1N=C(c2cc(F)ccc2F)SC12CCCc1ccsc12. The van der Waals surface area contributed by atoms with Crippen LogP contribution < -0.4 is 0 Å². The van der Waals surface area contributed by atoms with Crippen molar-refractivity contribution in [3.8, 4) is 0 Å². The molecule has 4 rings (SSSR count). The minimum atomic E-state index is -1.22. The molecule has 1 aromatic carbocycles. The number of benzene rings is 1. The van der Waals surface area contributed by atoms with Crippen LogP contribution in [0.2, 0.25) is 0 Å². The average molecular weight is 423 g/mol. The Morgan fingerprint density at radius 3 is 2.86 bits per heavy atom. The van der Waals surface area contributed by atoms with Gasteiger partial charge < -0.3 is 5.11 Å². The van der Waals surface area contributed by atoms with Crippen LogP contribution in [-0.4, -0.2) is 27.2 Å². The second-order valence-corrected chi connectivity index (χ2v) is 9.57. The minimum Gasteiger partial charge on any atom is -0.383 e. The van der Waals surface area contributed by atoms with Crippen molar-refractivity contribution in [2.75, 3.05) is 0 Å². The summed E-state index contributed by atoms with van der Waals surface area (Å²) in [7, 11) is 0. The van der Waals surface area contributed by atoms with E-state index in [-0.39, 0.29) is 16.5 Å². The fourth-order valence-corrected chi connectivity index (χ4v) is 6.34. The molecule has 0 fully saturated rings. The topological polar surface area (TPSA) is 52.9 Å². The van der Waals surface area contributed by atoms with E-state index >= 15 is 0 Å². The molecule has 1 N–H and O–H groups in total. The number of fused-ring (bicyclic) bond motifs is 2. The van der Waals surface area contributed by atoms with Gasteiger partial charge in [0.25, 0.3) is 5.91 Å². The molecular weight excluding hydrogens is 402 g/mol. The zero-order valence-electron chi connectivity index (χ0n) is 15.5. The number of carbonyl (C=O) groups is 1. The van der Waals surface area contributed by atoms with Gasteiger partial charge in [-0.3, -0.25) is 4.79 Å². The Morgan fingerprint density at radius 1 is 1.32 bits per heavy atom. The summed E-state index contributed by atoms with van der Waals surface area (Å²) in [5.74, 6) is -1.97. The Hall–Kier alpha value is -1.77. The summed E-state index contributed by atoms with van der Waals surface area (Å²) in [6, 6.07) is 5.24. The van der Waals surface area contributed by atoms with E-state index in [1.54, 1.807) is 13.8 Å². The Kier molecular flexibility index (Phi) is 5.05. The van der Waals surface area contributed by atoms with Crippen molar-refractivity contribution >= 4 is 34.0 Å². The van der Waals surface area contributed by atoms with E-state index in [0.717, 1.165) is 41.5 Å². The van der Waals surface area contributed by atoms with Gasteiger partial charge in [-0.25, -0.2) is 13.8 Å². The number of thioether (sulfide) groups is 1. The standard InChI is InChI=1S/C20H20F2N2O2S2/c1-11(2)16(25)19(26)24-20(8-3-4-12-7-9-27-17(12)20)28-18(23-24)14-10-13(21)5-6-15(14)22/h5-7,9-11,16,25H,3-4,8H2,1-2H3. The van der Waals surface area contributed by atoms with E-state index in [4.69, 9.17) is 0 Å². The molecular formula is C20H20F2N2O2S2. The third-order valence-electron chi connectivity index (χ3n) is 5.11. The Balaban J connectivity index is 1.84. The quantitative estimate of drug-likeness (QED) is 0.794. The van der Waals surface area contributed by atoms with Crippen LogP contribution in [-0.2, 0) is 16.1 Å². The zero-order chi connectivity index (χ0) is 20.1. The van der Waals surface area contributed by atoms with Crippen LogP contribution in [0.25, 0.3) is 0 Å². The van der Waals surface area contributed by atoms with Crippen LogP contribution in [0.3, 0.4) is 0 Å². The van der Waals surface area contributed by atoms with Crippen molar-refractivity contribution in [1.29, 1.82) is 0 Å². The Labute approximate surface area is 170 Å². The van der Waals surface area contributed by atoms with Gasteiger partial charge in [-0.15, -0.1) is 11.3 Å². The molecule has 2 atom stereocenters. The smallest absolute Gasteiger partial charge is 0.273 e. The van der Waals surface area contributed by atoms with Gasteiger partial charge in [0.1, 0.15) is 22.8 Å². The lowest BCUT2D eigenvalue weighted by molar-refractivity contribution is -0.146. The van der Waals surface area contributed by atoms with E-state index in [1.165, 1.54) is 28.1 Å². The molecule has 1 aliphatic carbocycles. The number of aryl methyl sites for hydroxylation is 1. The van der Waals surface area contributed by atoms with Crippen LogP contribution in [0.1, 0.15) is 42.7 Å². The lowest BCUT2D eigenvalue weighted by Crippen LogP contribution is -2.48. The minimum absolute atomic E-state index is 0.0300. The fourth-order valence-electron chi connectivity index (χ4n) is 3.61. The first-order valence-electron chi connectivity index (χ1n) is 9.15. The van der Waals surface area contributed by atoms with Gasteiger partial charge in [-0.2, -0.15) is 5.10 Å². The maximum atomic E-state index is 14.4. The molecule has 0 radical (unpaired) electrons. The van der Waals surface area contributed by atoms with E-state index < -0.39 is 28.5 Å². The summed E-state index contributed by atoms with van der Waals surface area (Å²) < 4.78 is 28.2. The average Bonchev–Trinajstić information content (AvgIpc) is 3.29. The second-order valence-electron chi connectivity index (χ2n) is 7.38. The molecule has 8 heteroatoms. The van der Waals surface area contributed by atoms with Crippen molar-refractivity contribution in [2.24, 2.45) is 11.0 Å². The number of hydrazone groups is 1. The number of amides is 1. The van der Waals surface area contributed by atoms with Crippen molar-refractivity contribution in [3.05, 3.63) is 57.3 Å². The molecule has 1 aliphatic heterocycles. The first-order valence-corrected chi connectivity index (χ1v) is 10.8. The lowest BCUT2D eigenvalue weighted by atomic mass is 9.93. The highest BCUT2D eigenvalue weighted by Gasteiger charge is 2.53. The number of aliphatic hydroxyl groups is 1. The molecule has 1 amide bonds. The number of hydrogen-bond acceptors (Lipinski definition) is 5. The fraction of sp³-hybridized carbons (Fsp3) is 0.400. The van der Waals surface area contributed by atoms with Gasteiger partial charge in [0, 0.05) is 10.4 Å². The number of thiophene rings is 1. The maximum absolute atomic E-state index is 14.4. The largest absolute Gasteiger partial charge is 0.383 e. The van der Waals surface area contributed by atoms with Gasteiger partial charge in [0.15, 0.2) is 4.87 Å². The van der Waals surface area contributed by atoms with Gasteiger partial charge >= 0.3 is 0 Å². The summed E-state index contributed by atoms with van der Waals surface area (Å²) in [5.41, 5.74) is 1.17. The number of halogens is 2. The molecule has 2 aromatic rings. The highest BCUT2D eigenvalue weighted by Crippen LogP contribution is 2.55. The number of nitrogens with zero attached hydrogens (tertiary/aromatic N) is 2. The first-order chi connectivity index (χ1) is 13.3. The monoisotopic (exact) mass is 422 g/mol. The van der Waals surface area contributed by atoms with Gasteiger partial charge in [-0.1, -0.05) is 25.6 Å². The Bertz CT molecular complexity index is 959. The van der Waals surface area contributed by atoms with Gasteiger partial charge in [-0.05, 0) is 60.4 Å². The lowest BCUT2D eigenvalue weighted by Gasteiger charge is -2.39. The molecule has 0 bridgehead atoms. The predicted molar refractivity (Wildman–Crippen MR) is 107 cm³/mol. The highest BCUT2D eigenvalue weighted by atomic mass is 32.2. The molecule has 2 aliphatic rings. The second kappa shape index (κ2) is 7.24. The summed E-state index contributed by atoms with van der Waals surface area (Å²) in [5, 5.41) is 18.4. The van der Waals surface area contributed by atoms with Crippen LogP contribution in [0, 0.1) is 17.6 Å². The van der Waals surface area contributed by atoms with Gasteiger partial charge in [0.2, 0.25) is 0 Å². The van der Waals surface area contributed by atoms with Crippen LogP contribution in [0.4, 0.5) is 8.78 Å². The van der Waals surface area contributed by atoms with E-state index in [9.17, 15) is 18.7 Å². The van der Waals surface area contributed by atoms with E-state index in [1.807, 2.05) is 11.4 Å². The third kappa shape index (κ3) is 3.07. The molecule has 4 nitrogen and oxygen atoms in total. The van der Waals surface area contributed by atoms with Crippen molar-refractivity contribution in [2.45, 2.75) is 44.1 Å². The molecule has 28 heavy (non-hydrogen) atoms. The summed E-state index contributed by atoms with van der Waals surface area (Å²) >= 11 is 2.80. The summed E-state index contributed by atoms with van der Waals surface area (Å²) in [6.07, 6.45) is 1.15. The Morgan fingerprint density at radius 2 is 2.11 bits per heavy atom. The third-order valence-corrected chi connectivity index (χ3v) is 7.76. The van der Waals surface area contributed by atoms with E-state index in [0.29, 0.717) is 6.42 Å². The molecule has 148 valence electrons. The van der Waals surface area contributed by atoms with E-state index in [2.05, 4.69) is 5.10 Å². The normalized spacial score (nSPS) is 22.5. The predicted octanol–water partition coefficient (Wildman–Crippen LogP) is 4.47. The first kappa shape index (κ1) is 19.5. The molecule has 0 saturated heterocycles. The highest BCUT2D eigenvalue weighted by molar-refractivity contribution is 8.15. The van der Waals surface area contributed by atoms with Crippen LogP contribution >= 0.6 is 23.1 Å². The van der Waals surface area contributed by atoms with Crippen molar-refractivity contribution in [1.82, 2.24) is 5.01 Å². The molecule has 0 saturated carbocycles. The molecule has 1 aromatic heterocycles. The number of carbonyl (C=O) groups excluding carboxylic acids is 1. The number of hydrogen-bond donors (Lipinski definition) is 1. The maximum Gasteiger partial charge on any atom is 0.273 e. The number of rotatable bonds is 3. The van der Waals surface area contributed by atoms with Crippen LogP contribution in [0.15, 0.2) is 34.7 Å². The molecule has 2 unspecified atom stereocenters. The van der Waals surface area contributed by atoms with Crippen molar-refractivity contribution in [3.63, 3.8) is 0 Å². The summed E-state index contributed by atoms with van der Waals surface area (Å²) in [6.45, 7) is 3.51. The molecule has 2 heterocycles. The molecule has 1 spiro atoms. The van der Waals surface area contributed by atoms with Crippen molar-refractivity contribution < 1.29 is 18.7 Å².